The number of rotatable bonds is 5. The molecule has 6 nitrogen and oxygen atoms in total. The topological polar surface area (TPSA) is 73.0 Å². The van der Waals surface area contributed by atoms with Crippen molar-refractivity contribution in [3.05, 3.63) is 90.6 Å². The van der Waals surface area contributed by atoms with Crippen LogP contribution < -0.4 is 5.32 Å². The molecule has 1 N–H and O–H groups in total. The van der Waals surface area contributed by atoms with Crippen molar-refractivity contribution < 1.29 is 9.32 Å². The Labute approximate surface area is 156 Å². The van der Waals surface area contributed by atoms with Crippen LogP contribution in [-0.4, -0.2) is 20.6 Å². The van der Waals surface area contributed by atoms with Crippen LogP contribution in [0.3, 0.4) is 0 Å². The van der Waals surface area contributed by atoms with Crippen LogP contribution in [0.5, 0.6) is 0 Å². The normalized spacial score (nSPS) is 11.9. The van der Waals surface area contributed by atoms with Gasteiger partial charge in [-0.2, -0.15) is 4.98 Å². The molecule has 4 rings (SSSR count). The van der Waals surface area contributed by atoms with E-state index in [0.29, 0.717) is 5.82 Å². The van der Waals surface area contributed by atoms with Crippen LogP contribution in [0.2, 0.25) is 0 Å². The number of carbonyl (C=O) groups is 1. The molecule has 0 saturated carbocycles. The van der Waals surface area contributed by atoms with Gasteiger partial charge in [-0.15, -0.1) is 0 Å². The van der Waals surface area contributed by atoms with Crippen LogP contribution >= 0.6 is 0 Å². The third-order valence-electron chi connectivity index (χ3n) is 4.30. The van der Waals surface area contributed by atoms with Crippen LogP contribution in [0.25, 0.3) is 17.1 Å². The van der Waals surface area contributed by atoms with E-state index in [1.807, 2.05) is 90.6 Å². The van der Waals surface area contributed by atoms with Crippen molar-refractivity contribution in [2.24, 2.45) is 0 Å². The maximum atomic E-state index is 12.4. The average molecular weight is 358 g/mol. The largest absolute Gasteiger partial charge is 0.341 e. The van der Waals surface area contributed by atoms with Gasteiger partial charge in [0.1, 0.15) is 0 Å². The Kier molecular flexibility index (Phi) is 4.53. The first kappa shape index (κ1) is 16.8. The quantitative estimate of drug-likeness (QED) is 0.585. The van der Waals surface area contributed by atoms with Gasteiger partial charge < -0.3 is 14.4 Å². The third-order valence-corrected chi connectivity index (χ3v) is 4.30. The van der Waals surface area contributed by atoms with E-state index in [2.05, 4.69) is 15.5 Å². The highest BCUT2D eigenvalue weighted by Crippen LogP contribution is 2.19. The highest BCUT2D eigenvalue weighted by molar-refractivity contribution is 5.90. The Morgan fingerprint density at radius 1 is 1.00 bits per heavy atom. The number of nitrogens with one attached hydrogen (secondary N) is 1. The second-order valence-electron chi connectivity index (χ2n) is 6.17. The van der Waals surface area contributed by atoms with Gasteiger partial charge in [-0.05, 0) is 48.9 Å². The number of benzene rings is 2. The minimum Gasteiger partial charge on any atom is -0.341 e. The summed E-state index contributed by atoms with van der Waals surface area (Å²) in [7, 11) is 0. The first-order chi connectivity index (χ1) is 13.2. The molecular formula is C21H18N4O2. The Balaban J connectivity index is 1.47. The van der Waals surface area contributed by atoms with Gasteiger partial charge in [-0.1, -0.05) is 35.5 Å². The summed E-state index contributed by atoms with van der Waals surface area (Å²) >= 11 is 0. The summed E-state index contributed by atoms with van der Waals surface area (Å²) in [6, 6.07) is 21.2. The number of aromatic nitrogens is 3. The molecule has 1 amide bonds. The molecule has 134 valence electrons. The summed E-state index contributed by atoms with van der Waals surface area (Å²) in [4.78, 5) is 16.6. The fraction of sp³-hybridized carbons (Fsp3) is 0.0952. The van der Waals surface area contributed by atoms with Gasteiger partial charge in [0.2, 0.25) is 5.82 Å². The molecule has 0 fully saturated rings. The molecule has 0 aliphatic carbocycles. The molecule has 2 aromatic carbocycles. The minimum atomic E-state index is -0.394. The number of nitrogens with zero attached hydrogens (tertiary/aromatic N) is 3. The molecule has 0 spiro atoms. The van der Waals surface area contributed by atoms with Crippen molar-refractivity contribution in [1.82, 2.24) is 20.0 Å². The van der Waals surface area contributed by atoms with Crippen molar-refractivity contribution in [1.29, 1.82) is 0 Å². The van der Waals surface area contributed by atoms with Gasteiger partial charge in [0.05, 0.1) is 6.04 Å². The van der Waals surface area contributed by atoms with Crippen molar-refractivity contribution in [3.63, 3.8) is 0 Å². The lowest BCUT2D eigenvalue weighted by molar-refractivity contribution is 0.0895. The molecule has 2 aromatic heterocycles. The van der Waals surface area contributed by atoms with Gasteiger partial charge in [0.25, 0.3) is 0 Å². The van der Waals surface area contributed by atoms with Crippen LogP contribution in [0.1, 0.15) is 29.2 Å². The lowest BCUT2D eigenvalue weighted by Crippen LogP contribution is -2.26. The van der Waals surface area contributed by atoms with E-state index in [-0.39, 0.29) is 11.9 Å². The van der Waals surface area contributed by atoms with Gasteiger partial charge >= 0.3 is 11.8 Å². The van der Waals surface area contributed by atoms with Crippen LogP contribution in [-0.2, 0) is 0 Å². The maximum absolute atomic E-state index is 12.4. The summed E-state index contributed by atoms with van der Waals surface area (Å²) in [5.41, 5.74) is 2.82. The van der Waals surface area contributed by atoms with Crippen molar-refractivity contribution in [2.45, 2.75) is 13.0 Å². The molecule has 0 unspecified atom stereocenters. The van der Waals surface area contributed by atoms with Crippen LogP contribution in [0.4, 0.5) is 0 Å². The second-order valence-corrected chi connectivity index (χ2v) is 6.17. The zero-order valence-corrected chi connectivity index (χ0v) is 14.7. The van der Waals surface area contributed by atoms with E-state index in [1.165, 1.54) is 0 Å². The molecule has 2 heterocycles. The zero-order chi connectivity index (χ0) is 18.6. The number of carbonyl (C=O) groups excluding carboxylic acids is 1. The fourth-order valence-corrected chi connectivity index (χ4v) is 2.81. The predicted octanol–water partition coefficient (Wildman–Crippen LogP) is 4.02. The summed E-state index contributed by atoms with van der Waals surface area (Å²) in [5.74, 6) is -0.0668. The zero-order valence-electron chi connectivity index (χ0n) is 14.7. The van der Waals surface area contributed by atoms with Crippen molar-refractivity contribution >= 4 is 5.91 Å². The molecule has 0 bridgehead atoms. The molecule has 4 aromatic rings. The number of amides is 1. The van der Waals surface area contributed by atoms with E-state index in [9.17, 15) is 4.79 Å². The SMILES string of the molecule is C[C@@H](NC(=O)c1nc(-c2ccc(-n3cccc3)cc2)no1)c1ccccc1. The molecular weight excluding hydrogens is 340 g/mol. The molecule has 27 heavy (non-hydrogen) atoms. The molecule has 1 atom stereocenters. The molecule has 0 radical (unpaired) electrons. The highest BCUT2D eigenvalue weighted by atomic mass is 16.5. The first-order valence-corrected chi connectivity index (χ1v) is 8.64. The van der Waals surface area contributed by atoms with E-state index in [4.69, 9.17) is 4.52 Å². The van der Waals surface area contributed by atoms with E-state index >= 15 is 0 Å². The smallest absolute Gasteiger partial charge is 0.316 e. The lowest BCUT2D eigenvalue weighted by Gasteiger charge is -2.12. The van der Waals surface area contributed by atoms with Gasteiger partial charge in [-0.25, -0.2) is 0 Å². The summed E-state index contributed by atoms with van der Waals surface area (Å²) in [6.45, 7) is 1.91. The minimum absolute atomic E-state index is 0.0535. The maximum Gasteiger partial charge on any atom is 0.316 e. The molecule has 0 aliphatic rings. The summed E-state index contributed by atoms with van der Waals surface area (Å²) < 4.78 is 7.15. The Hall–Kier alpha value is -3.67. The fourth-order valence-electron chi connectivity index (χ4n) is 2.81. The number of hydrogen-bond donors (Lipinski definition) is 1. The molecule has 0 saturated heterocycles. The van der Waals surface area contributed by atoms with Gasteiger partial charge in [-0.3, -0.25) is 4.79 Å². The molecule has 6 heteroatoms. The van der Waals surface area contributed by atoms with Gasteiger partial charge in [0.15, 0.2) is 0 Å². The Morgan fingerprint density at radius 3 is 2.41 bits per heavy atom. The van der Waals surface area contributed by atoms with Crippen molar-refractivity contribution in [3.8, 4) is 17.1 Å². The second kappa shape index (κ2) is 7.29. The van der Waals surface area contributed by atoms with Crippen LogP contribution in [0, 0.1) is 0 Å². The first-order valence-electron chi connectivity index (χ1n) is 8.64. The standard InChI is InChI=1S/C21H18N4O2/c1-15(16-7-3-2-4-8-16)22-20(26)21-23-19(24-27-21)17-9-11-18(12-10-17)25-13-5-6-14-25/h2-15H,1H3,(H,22,26)/t15-/m1/s1. The van der Waals surface area contributed by atoms with E-state index in [1.54, 1.807) is 0 Å². The Bertz CT molecular complexity index is 1020. The molecule has 0 aliphatic heterocycles. The monoisotopic (exact) mass is 358 g/mol. The van der Waals surface area contributed by atoms with Crippen molar-refractivity contribution in [2.75, 3.05) is 0 Å². The van der Waals surface area contributed by atoms with Crippen LogP contribution in [0.15, 0.2) is 83.6 Å². The highest BCUT2D eigenvalue weighted by Gasteiger charge is 2.18. The lowest BCUT2D eigenvalue weighted by atomic mass is 10.1. The number of hydrogen-bond acceptors (Lipinski definition) is 4. The van der Waals surface area contributed by atoms with E-state index in [0.717, 1.165) is 16.8 Å². The average Bonchev–Trinajstić information content (AvgIpc) is 3.41. The summed E-state index contributed by atoms with van der Waals surface area (Å²) in [5, 5.41) is 6.79. The van der Waals surface area contributed by atoms with Gasteiger partial charge in [0, 0.05) is 23.6 Å². The predicted molar refractivity (Wildman–Crippen MR) is 101 cm³/mol. The van der Waals surface area contributed by atoms with E-state index < -0.39 is 5.91 Å². The summed E-state index contributed by atoms with van der Waals surface area (Å²) in [6.07, 6.45) is 3.94. The Morgan fingerprint density at radius 2 is 1.70 bits per heavy atom. The third kappa shape index (κ3) is 3.64.